The third-order valence-corrected chi connectivity index (χ3v) is 3.72. The molecule has 0 saturated heterocycles. The van der Waals surface area contributed by atoms with E-state index in [4.69, 9.17) is 0 Å². The van der Waals surface area contributed by atoms with Crippen LogP contribution < -0.4 is 0 Å². The Morgan fingerprint density at radius 3 is 2.72 bits per heavy atom. The molecule has 0 spiro atoms. The molecule has 4 heteroatoms. The lowest BCUT2D eigenvalue weighted by atomic mass is 10.1. The van der Waals surface area contributed by atoms with Crippen LogP contribution in [0.2, 0.25) is 0 Å². The summed E-state index contributed by atoms with van der Waals surface area (Å²) in [6, 6.07) is 10.2. The molecule has 0 amide bonds. The number of rotatable bonds is 1. The largest absolute Gasteiger partial charge is 0.219 e. The molecule has 90 valence electrons. The number of nitrogens with zero attached hydrogens (tertiary/aromatic N) is 3. The first-order valence-electron chi connectivity index (χ1n) is 5.73. The van der Waals surface area contributed by atoms with Crippen molar-refractivity contribution in [2.45, 2.75) is 13.8 Å². The van der Waals surface area contributed by atoms with E-state index < -0.39 is 0 Å². The van der Waals surface area contributed by atoms with Crippen molar-refractivity contribution in [3.8, 4) is 11.4 Å². The van der Waals surface area contributed by atoms with Crippen molar-refractivity contribution in [1.29, 1.82) is 0 Å². The van der Waals surface area contributed by atoms with Gasteiger partial charge in [-0.05, 0) is 59.1 Å². The summed E-state index contributed by atoms with van der Waals surface area (Å²) in [4.78, 5) is 4.55. The molecule has 0 saturated carbocycles. The minimum absolute atomic E-state index is 0.823. The molecule has 2 heterocycles. The SMILES string of the molecule is Cc1ccc(-c2nc(Br)c3cccnn23)cc1C. The molecule has 0 atom stereocenters. The zero-order valence-corrected chi connectivity index (χ0v) is 11.8. The number of fused-ring (bicyclic) bond motifs is 1. The van der Waals surface area contributed by atoms with Gasteiger partial charge in [0, 0.05) is 11.8 Å². The van der Waals surface area contributed by atoms with Crippen LogP contribution in [0.15, 0.2) is 41.1 Å². The van der Waals surface area contributed by atoms with Gasteiger partial charge in [0.15, 0.2) is 5.82 Å². The average molecular weight is 302 g/mol. The fourth-order valence-corrected chi connectivity index (χ4v) is 2.43. The Morgan fingerprint density at radius 2 is 1.94 bits per heavy atom. The summed E-state index contributed by atoms with van der Waals surface area (Å²) in [5, 5.41) is 4.35. The second kappa shape index (κ2) is 4.21. The molecular formula is C14H12BrN3. The lowest BCUT2D eigenvalue weighted by Crippen LogP contribution is -1.94. The van der Waals surface area contributed by atoms with Crippen LogP contribution >= 0.6 is 15.9 Å². The van der Waals surface area contributed by atoms with E-state index in [0.717, 1.165) is 21.5 Å². The molecule has 3 nitrogen and oxygen atoms in total. The van der Waals surface area contributed by atoms with Gasteiger partial charge in [-0.2, -0.15) is 5.10 Å². The quantitative estimate of drug-likeness (QED) is 0.685. The fraction of sp³-hybridized carbons (Fsp3) is 0.143. The molecule has 0 unspecified atom stereocenters. The van der Waals surface area contributed by atoms with Gasteiger partial charge in [-0.15, -0.1) is 0 Å². The Morgan fingerprint density at radius 1 is 1.11 bits per heavy atom. The average Bonchev–Trinajstić information content (AvgIpc) is 2.71. The standard InChI is InChI=1S/C14H12BrN3/c1-9-5-6-11(8-10(9)2)14-17-13(15)12-4-3-7-16-18(12)14/h3-8H,1-2H3. The molecule has 18 heavy (non-hydrogen) atoms. The van der Waals surface area contributed by atoms with Gasteiger partial charge in [-0.3, -0.25) is 0 Å². The van der Waals surface area contributed by atoms with Crippen LogP contribution in [0, 0.1) is 13.8 Å². The zero-order chi connectivity index (χ0) is 12.7. The molecule has 0 aliphatic carbocycles. The summed E-state index contributed by atoms with van der Waals surface area (Å²) >= 11 is 3.48. The van der Waals surface area contributed by atoms with Crippen molar-refractivity contribution in [3.63, 3.8) is 0 Å². The topological polar surface area (TPSA) is 30.2 Å². The number of hydrogen-bond acceptors (Lipinski definition) is 2. The number of imidazole rings is 1. The summed E-state index contributed by atoms with van der Waals surface area (Å²) in [7, 11) is 0. The van der Waals surface area contributed by atoms with E-state index in [-0.39, 0.29) is 0 Å². The van der Waals surface area contributed by atoms with E-state index in [1.165, 1.54) is 11.1 Å². The molecule has 0 N–H and O–H groups in total. The summed E-state index contributed by atoms with van der Waals surface area (Å²) in [5.41, 5.74) is 4.60. The van der Waals surface area contributed by atoms with Crippen molar-refractivity contribution in [2.24, 2.45) is 0 Å². The third kappa shape index (κ3) is 1.73. The molecule has 0 radical (unpaired) electrons. The molecule has 0 bridgehead atoms. The molecule has 3 rings (SSSR count). The van der Waals surface area contributed by atoms with Crippen molar-refractivity contribution < 1.29 is 0 Å². The van der Waals surface area contributed by atoms with Crippen molar-refractivity contribution in [2.75, 3.05) is 0 Å². The van der Waals surface area contributed by atoms with E-state index in [1.54, 1.807) is 6.20 Å². The number of hydrogen-bond donors (Lipinski definition) is 0. The second-order valence-electron chi connectivity index (χ2n) is 4.35. The zero-order valence-electron chi connectivity index (χ0n) is 10.2. The van der Waals surface area contributed by atoms with E-state index in [2.05, 4.69) is 58.1 Å². The van der Waals surface area contributed by atoms with Crippen LogP contribution in [0.3, 0.4) is 0 Å². The highest BCUT2D eigenvalue weighted by molar-refractivity contribution is 9.10. The lowest BCUT2D eigenvalue weighted by Gasteiger charge is -2.03. The summed E-state index contributed by atoms with van der Waals surface area (Å²) in [6.07, 6.45) is 1.77. The van der Waals surface area contributed by atoms with Crippen LogP contribution in [-0.2, 0) is 0 Å². The first kappa shape index (κ1) is 11.4. The van der Waals surface area contributed by atoms with E-state index in [0.29, 0.717) is 0 Å². The Labute approximate surface area is 114 Å². The Balaban J connectivity index is 2.28. The second-order valence-corrected chi connectivity index (χ2v) is 5.10. The minimum atomic E-state index is 0.823. The monoisotopic (exact) mass is 301 g/mol. The van der Waals surface area contributed by atoms with Gasteiger partial charge in [0.05, 0.1) is 5.52 Å². The van der Waals surface area contributed by atoms with Crippen LogP contribution in [0.25, 0.3) is 16.9 Å². The Hall–Kier alpha value is -1.68. The van der Waals surface area contributed by atoms with Gasteiger partial charge in [0.2, 0.25) is 0 Å². The van der Waals surface area contributed by atoms with Crippen LogP contribution in [0.5, 0.6) is 0 Å². The van der Waals surface area contributed by atoms with Gasteiger partial charge in [0.1, 0.15) is 4.60 Å². The van der Waals surface area contributed by atoms with Crippen molar-refractivity contribution >= 4 is 21.4 Å². The molecular weight excluding hydrogens is 290 g/mol. The molecule has 0 fully saturated rings. The van der Waals surface area contributed by atoms with Gasteiger partial charge in [0.25, 0.3) is 0 Å². The van der Waals surface area contributed by atoms with Gasteiger partial charge < -0.3 is 0 Å². The lowest BCUT2D eigenvalue weighted by molar-refractivity contribution is 0.935. The van der Waals surface area contributed by atoms with Crippen LogP contribution in [-0.4, -0.2) is 14.6 Å². The number of benzene rings is 1. The number of halogens is 1. The third-order valence-electron chi connectivity index (χ3n) is 3.13. The highest BCUT2D eigenvalue weighted by Gasteiger charge is 2.11. The molecule has 0 aliphatic rings. The fourth-order valence-electron chi connectivity index (χ4n) is 1.96. The summed E-state index contributed by atoms with van der Waals surface area (Å²) < 4.78 is 2.68. The maximum atomic E-state index is 4.55. The van der Waals surface area contributed by atoms with E-state index in [1.807, 2.05) is 16.6 Å². The molecule has 0 aliphatic heterocycles. The predicted molar refractivity (Wildman–Crippen MR) is 75.6 cm³/mol. The first-order chi connectivity index (χ1) is 8.66. The highest BCUT2D eigenvalue weighted by Crippen LogP contribution is 2.26. The summed E-state index contributed by atoms with van der Waals surface area (Å²) in [6.45, 7) is 4.22. The maximum Gasteiger partial charge on any atom is 0.162 e. The van der Waals surface area contributed by atoms with Crippen LogP contribution in [0.1, 0.15) is 11.1 Å². The molecule has 1 aromatic carbocycles. The van der Waals surface area contributed by atoms with Crippen molar-refractivity contribution in [1.82, 2.24) is 14.6 Å². The van der Waals surface area contributed by atoms with E-state index in [9.17, 15) is 0 Å². The molecule has 3 aromatic rings. The Bertz CT molecular complexity index is 731. The normalized spacial score (nSPS) is 11.1. The predicted octanol–water partition coefficient (Wildman–Crippen LogP) is 3.78. The first-order valence-corrected chi connectivity index (χ1v) is 6.53. The Kier molecular flexibility index (Phi) is 2.67. The van der Waals surface area contributed by atoms with Gasteiger partial charge in [-0.25, -0.2) is 9.50 Å². The highest BCUT2D eigenvalue weighted by atomic mass is 79.9. The van der Waals surface area contributed by atoms with E-state index >= 15 is 0 Å². The van der Waals surface area contributed by atoms with Gasteiger partial charge in [-0.1, -0.05) is 12.1 Å². The summed E-state index contributed by atoms with van der Waals surface area (Å²) in [5.74, 6) is 0.862. The van der Waals surface area contributed by atoms with Crippen LogP contribution in [0.4, 0.5) is 0 Å². The van der Waals surface area contributed by atoms with Gasteiger partial charge >= 0.3 is 0 Å². The number of aromatic nitrogens is 3. The maximum absolute atomic E-state index is 4.55. The van der Waals surface area contributed by atoms with Crippen molar-refractivity contribution in [3.05, 3.63) is 52.3 Å². The minimum Gasteiger partial charge on any atom is -0.219 e. The number of aryl methyl sites for hydroxylation is 2. The smallest absolute Gasteiger partial charge is 0.162 e. The molecule has 2 aromatic heterocycles.